The highest BCUT2D eigenvalue weighted by molar-refractivity contribution is 9.10. The van der Waals surface area contributed by atoms with Crippen molar-refractivity contribution >= 4 is 15.9 Å². The quantitative estimate of drug-likeness (QED) is 0.692. The molecule has 3 nitrogen and oxygen atoms in total. The van der Waals surface area contributed by atoms with Gasteiger partial charge in [-0.25, -0.2) is 13.8 Å². The fourth-order valence-corrected chi connectivity index (χ4v) is 2.78. The van der Waals surface area contributed by atoms with Crippen molar-refractivity contribution in [3.8, 4) is 11.3 Å². The van der Waals surface area contributed by atoms with E-state index in [9.17, 15) is 13.6 Å². The van der Waals surface area contributed by atoms with Crippen molar-refractivity contribution in [3.05, 3.63) is 86.9 Å². The van der Waals surface area contributed by atoms with Gasteiger partial charge in [0.25, 0.3) is 5.56 Å². The van der Waals surface area contributed by atoms with Crippen molar-refractivity contribution in [1.82, 2.24) is 9.55 Å². The van der Waals surface area contributed by atoms with E-state index in [1.165, 1.54) is 35.2 Å². The third-order valence-electron chi connectivity index (χ3n) is 3.34. The molecule has 1 heterocycles. The maximum atomic E-state index is 13.2. The van der Waals surface area contributed by atoms with E-state index in [4.69, 9.17) is 0 Å². The lowest BCUT2D eigenvalue weighted by molar-refractivity contribution is 0.622. The van der Waals surface area contributed by atoms with Gasteiger partial charge in [0.05, 0.1) is 18.6 Å². The van der Waals surface area contributed by atoms with Crippen molar-refractivity contribution in [2.45, 2.75) is 6.54 Å². The van der Waals surface area contributed by atoms with E-state index in [1.54, 1.807) is 24.3 Å². The zero-order valence-corrected chi connectivity index (χ0v) is 13.4. The molecule has 3 aromatic rings. The smallest absolute Gasteiger partial charge is 0.268 e. The van der Waals surface area contributed by atoms with E-state index < -0.39 is 0 Å². The van der Waals surface area contributed by atoms with Crippen LogP contribution in [0.25, 0.3) is 11.3 Å². The largest absolute Gasteiger partial charge is 0.294 e. The molecule has 0 saturated carbocycles. The summed E-state index contributed by atoms with van der Waals surface area (Å²) in [4.78, 5) is 16.7. The molecule has 0 aliphatic heterocycles. The lowest BCUT2D eigenvalue weighted by Crippen LogP contribution is -2.22. The molecule has 0 radical (unpaired) electrons. The summed E-state index contributed by atoms with van der Waals surface area (Å²) in [6.45, 7) is 0.214. The van der Waals surface area contributed by atoms with Crippen LogP contribution in [0, 0.1) is 11.6 Å². The highest BCUT2D eigenvalue weighted by atomic mass is 79.9. The molecule has 0 fully saturated rings. The van der Waals surface area contributed by atoms with Crippen molar-refractivity contribution in [1.29, 1.82) is 0 Å². The minimum absolute atomic E-state index is 0.214. The van der Waals surface area contributed by atoms with Gasteiger partial charge in [-0.1, -0.05) is 12.1 Å². The Balaban J connectivity index is 1.98. The highest BCUT2D eigenvalue weighted by Crippen LogP contribution is 2.23. The van der Waals surface area contributed by atoms with E-state index in [-0.39, 0.29) is 28.2 Å². The first-order chi connectivity index (χ1) is 11.0. The van der Waals surface area contributed by atoms with Gasteiger partial charge in [0.2, 0.25) is 0 Å². The van der Waals surface area contributed by atoms with E-state index in [0.29, 0.717) is 16.8 Å². The summed E-state index contributed by atoms with van der Waals surface area (Å²) >= 11 is 3.25. The molecule has 0 aliphatic carbocycles. The number of rotatable bonds is 3. The average Bonchev–Trinajstić information content (AvgIpc) is 2.53. The molecular weight excluding hydrogens is 366 g/mol. The topological polar surface area (TPSA) is 34.9 Å². The number of nitrogens with zero attached hydrogens (tertiary/aromatic N) is 2. The molecular formula is C17H11BrF2N2O. The number of hydrogen-bond donors (Lipinski definition) is 0. The van der Waals surface area contributed by atoms with Crippen LogP contribution in [0.2, 0.25) is 0 Å². The molecule has 0 atom stereocenters. The Bertz CT molecular complexity index is 907. The second kappa shape index (κ2) is 6.42. The third kappa shape index (κ3) is 3.37. The van der Waals surface area contributed by atoms with Crippen molar-refractivity contribution in [3.63, 3.8) is 0 Å². The molecule has 1 aromatic heterocycles. The van der Waals surface area contributed by atoms with Crippen LogP contribution in [0.3, 0.4) is 0 Å². The summed E-state index contributed by atoms with van der Waals surface area (Å²) in [6.07, 6.45) is 1.40. The van der Waals surface area contributed by atoms with E-state index in [2.05, 4.69) is 20.9 Å². The van der Waals surface area contributed by atoms with Crippen molar-refractivity contribution < 1.29 is 8.78 Å². The minimum atomic E-state index is -0.357. The second-order valence-electron chi connectivity index (χ2n) is 4.98. The van der Waals surface area contributed by atoms with E-state index in [0.717, 1.165) is 0 Å². The zero-order valence-electron chi connectivity index (χ0n) is 11.8. The lowest BCUT2D eigenvalue weighted by atomic mass is 10.1. The number of halogens is 3. The molecule has 2 aromatic carbocycles. The monoisotopic (exact) mass is 376 g/mol. The maximum absolute atomic E-state index is 13.2. The van der Waals surface area contributed by atoms with E-state index >= 15 is 0 Å². The third-order valence-corrected chi connectivity index (χ3v) is 4.06. The standard InChI is InChI=1S/C17H11BrF2N2O/c18-15-16(12-4-6-13(19)7-5-12)21-10-22(17(15)23)9-11-2-1-3-14(20)8-11/h1-8,10H,9H2. The molecule has 3 rings (SSSR count). The van der Waals surface area contributed by atoms with Gasteiger partial charge in [0, 0.05) is 5.56 Å². The Hall–Kier alpha value is -2.34. The highest BCUT2D eigenvalue weighted by Gasteiger charge is 2.11. The first-order valence-electron chi connectivity index (χ1n) is 6.80. The first-order valence-corrected chi connectivity index (χ1v) is 7.59. The predicted molar refractivity (Wildman–Crippen MR) is 87.1 cm³/mol. The van der Waals surface area contributed by atoms with Crippen LogP contribution in [-0.4, -0.2) is 9.55 Å². The molecule has 0 N–H and O–H groups in total. The second-order valence-corrected chi connectivity index (χ2v) is 5.77. The van der Waals surface area contributed by atoms with Crippen molar-refractivity contribution in [2.24, 2.45) is 0 Å². The van der Waals surface area contributed by atoms with Crippen LogP contribution in [0.4, 0.5) is 8.78 Å². The van der Waals surface area contributed by atoms with Gasteiger partial charge in [0.15, 0.2) is 0 Å². The van der Waals surface area contributed by atoms with Gasteiger partial charge in [-0.2, -0.15) is 0 Å². The number of benzene rings is 2. The van der Waals surface area contributed by atoms with Gasteiger partial charge in [-0.3, -0.25) is 9.36 Å². The Morgan fingerprint density at radius 3 is 2.48 bits per heavy atom. The van der Waals surface area contributed by atoms with Crippen LogP contribution >= 0.6 is 15.9 Å². The fourth-order valence-electron chi connectivity index (χ4n) is 2.22. The van der Waals surface area contributed by atoms with Gasteiger partial charge in [-0.05, 0) is 57.9 Å². The van der Waals surface area contributed by atoms with Crippen LogP contribution in [0.1, 0.15) is 5.56 Å². The predicted octanol–water partition coefficient (Wildman–Crippen LogP) is 4.00. The summed E-state index contributed by atoms with van der Waals surface area (Å²) < 4.78 is 27.9. The normalized spacial score (nSPS) is 10.7. The van der Waals surface area contributed by atoms with Crippen LogP contribution in [0.15, 0.2) is 64.1 Å². The summed E-state index contributed by atoms with van der Waals surface area (Å²) in [5.41, 5.74) is 1.44. The Morgan fingerprint density at radius 1 is 1.04 bits per heavy atom. The summed E-state index contributed by atoms with van der Waals surface area (Å²) in [6, 6.07) is 11.8. The Kier molecular flexibility index (Phi) is 4.34. The minimum Gasteiger partial charge on any atom is -0.294 e. The molecule has 0 spiro atoms. The zero-order chi connectivity index (χ0) is 16.4. The molecule has 0 unspecified atom stereocenters. The van der Waals surface area contributed by atoms with Crippen LogP contribution in [0.5, 0.6) is 0 Å². The lowest BCUT2D eigenvalue weighted by Gasteiger charge is -2.09. The molecule has 6 heteroatoms. The molecule has 0 aliphatic rings. The number of hydrogen-bond acceptors (Lipinski definition) is 2. The number of aromatic nitrogens is 2. The Labute approximate surface area is 139 Å². The van der Waals surface area contributed by atoms with Gasteiger partial charge >= 0.3 is 0 Å². The summed E-state index contributed by atoms with van der Waals surface area (Å²) in [5, 5.41) is 0. The molecule has 116 valence electrons. The van der Waals surface area contributed by atoms with Crippen LogP contribution < -0.4 is 5.56 Å². The first kappa shape index (κ1) is 15.6. The van der Waals surface area contributed by atoms with Gasteiger partial charge in [-0.15, -0.1) is 0 Å². The molecule has 23 heavy (non-hydrogen) atoms. The molecule has 0 saturated heterocycles. The van der Waals surface area contributed by atoms with E-state index in [1.807, 2.05) is 0 Å². The SMILES string of the molecule is O=c1c(Br)c(-c2ccc(F)cc2)ncn1Cc1cccc(F)c1. The van der Waals surface area contributed by atoms with Gasteiger partial charge < -0.3 is 0 Å². The van der Waals surface area contributed by atoms with Crippen molar-refractivity contribution in [2.75, 3.05) is 0 Å². The maximum Gasteiger partial charge on any atom is 0.268 e. The fraction of sp³-hybridized carbons (Fsp3) is 0.0588. The van der Waals surface area contributed by atoms with Gasteiger partial charge in [0.1, 0.15) is 16.1 Å². The Morgan fingerprint density at radius 2 is 1.78 bits per heavy atom. The van der Waals surface area contributed by atoms with Crippen LogP contribution in [-0.2, 0) is 6.54 Å². The summed E-state index contributed by atoms with van der Waals surface area (Å²) in [5.74, 6) is -0.713. The summed E-state index contributed by atoms with van der Waals surface area (Å²) in [7, 11) is 0. The molecule has 0 amide bonds. The molecule has 0 bridgehead atoms. The average molecular weight is 377 g/mol.